The predicted molar refractivity (Wildman–Crippen MR) is 62.9 cm³/mol. The first-order valence-corrected chi connectivity index (χ1v) is 5.15. The topological polar surface area (TPSA) is 52.3 Å². The van der Waals surface area contributed by atoms with E-state index in [0.717, 1.165) is 16.4 Å². The van der Waals surface area contributed by atoms with E-state index in [2.05, 4.69) is 9.72 Å². The van der Waals surface area contributed by atoms with Crippen LogP contribution in [0.4, 0.5) is 0 Å². The molecular weight excluding hydrogens is 218 g/mol. The van der Waals surface area contributed by atoms with Gasteiger partial charge in [0.1, 0.15) is 11.2 Å². The van der Waals surface area contributed by atoms with Crippen molar-refractivity contribution in [3.05, 3.63) is 42.2 Å². The fraction of sp³-hybridized carbons (Fsp3) is 0.0769. The van der Waals surface area contributed by atoms with Gasteiger partial charge in [-0.25, -0.2) is 9.78 Å². The van der Waals surface area contributed by atoms with Crippen molar-refractivity contribution in [3.8, 4) is 0 Å². The summed E-state index contributed by atoms with van der Waals surface area (Å²) in [7, 11) is 1.33. The van der Waals surface area contributed by atoms with E-state index in [1.165, 1.54) is 7.11 Å². The zero-order valence-corrected chi connectivity index (χ0v) is 9.14. The Balaban J connectivity index is 2.30. The minimum atomic E-state index is -0.465. The number of para-hydroxylation sites is 1. The molecule has 0 radical (unpaired) electrons. The Labute approximate surface area is 96.8 Å². The van der Waals surface area contributed by atoms with Gasteiger partial charge in [0, 0.05) is 23.0 Å². The maximum Gasteiger partial charge on any atom is 0.356 e. The number of nitrogens with zero attached hydrogens (tertiary/aromatic N) is 1. The van der Waals surface area contributed by atoms with Crippen LogP contribution in [0.3, 0.4) is 0 Å². The quantitative estimate of drug-likeness (QED) is 0.600. The fourth-order valence-corrected chi connectivity index (χ4v) is 1.84. The van der Waals surface area contributed by atoms with Crippen molar-refractivity contribution in [2.24, 2.45) is 0 Å². The smallest absolute Gasteiger partial charge is 0.356 e. The van der Waals surface area contributed by atoms with Crippen LogP contribution in [-0.2, 0) is 4.74 Å². The van der Waals surface area contributed by atoms with Gasteiger partial charge in [-0.15, -0.1) is 0 Å². The van der Waals surface area contributed by atoms with E-state index in [1.54, 1.807) is 12.3 Å². The predicted octanol–water partition coefficient (Wildman–Crippen LogP) is 2.77. The normalized spacial score (nSPS) is 10.9. The first kappa shape index (κ1) is 9.84. The maximum absolute atomic E-state index is 11.3. The van der Waals surface area contributed by atoms with Gasteiger partial charge in [0.15, 0.2) is 5.69 Å². The molecule has 0 saturated carbocycles. The van der Waals surface area contributed by atoms with Crippen LogP contribution in [0.5, 0.6) is 0 Å². The monoisotopic (exact) mass is 227 g/mol. The molecule has 0 amide bonds. The van der Waals surface area contributed by atoms with Gasteiger partial charge in [0.05, 0.1) is 7.11 Å². The van der Waals surface area contributed by atoms with Crippen LogP contribution in [0.25, 0.3) is 21.9 Å². The molecule has 17 heavy (non-hydrogen) atoms. The highest BCUT2D eigenvalue weighted by atomic mass is 16.5. The number of pyridine rings is 1. The third-order valence-corrected chi connectivity index (χ3v) is 2.66. The fourth-order valence-electron chi connectivity index (χ4n) is 1.84. The van der Waals surface area contributed by atoms with Crippen LogP contribution in [0.1, 0.15) is 10.5 Å². The molecule has 0 atom stereocenters. The average molecular weight is 227 g/mol. The van der Waals surface area contributed by atoms with Gasteiger partial charge < -0.3 is 9.15 Å². The lowest BCUT2D eigenvalue weighted by Crippen LogP contribution is -2.03. The Morgan fingerprint density at radius 1 is 1.24 bits per heavy atom. The summed E-state index contributed by atoms with van der Waals surface area (Å²) in [5.74, 6) is -0.465. The number of carbonyl (C=O) groups excluding carboxylic acids is 1. The summed E-state index contributed by atoms with van der Waals surface area (Å²) in [6.07, 6.45) is 1.63. The molecule has 0 saturated heterocycles. The van der Waals surface area contributed by atoms with Crippen molar-refractivity contribution < 1.29 is 13.9 Å². The molecule has 3 aromatic rings. The van der Waals surface area contributed by atoms with Crippen molar-refractivity contribution in [3.63, 3.8) is 0 Å². The largest absolute Gasteiger partial charge is 0.464 e. The molecule has 4 nitrogen and oxygen atoms in total. The summed E-state index contributed by atoms with van der Waals surface area (Å²) in [6.45, 7) is 0. The van der Waals surface area contributed by atoms with Gasteiger partial charge in [0.2, 0.25) is 0 Å². The van der Waals surface area contributed by atoms with Crippen molar-refractivity contribution >= 4 is 27.9 Å². The second-order valence-electron chi connectivity index (χ2n) is 3.66. The summed E-state index contributed by atoms with van der Waals surface area (Å²) in [6, 6.07) is 9.28. The van der Waals surface area contributed by atoms with E-state index in [0.29, 0.717) is 5.58 Å². The molecule has 0 bridgehead atoms. The number of fused-ring (bicyclic) bond motifs is 3. The summed E-state index contributed by atoms with van der Waals surface area (Å²) in [5.41, 5.74) is 1.67. The second-order valence-corrected chi connectivity index (χ2v) is 3.66. The standard InChI is InChI=1S/C13H9NO3/c1-16-13(15)10-6-12-9(7-14-10)8-4-2-3-5-11(8)17-12/h2-7H,1H3. The number of methoxy groups -OCH3 is 1. The number of ether oxygens (including phenoxy) is 1. The zero-order chi connectivity index (χ0) is 11.8. The number of furan rings is 1. The molecule has 0 aliphatic rings. The van der Waals surface area contributed by atoms with Crippen LogP contribution in [0.15, 0.2) is 40.9 Å². The van der Waals surface area contributed by atoms with Gasteiger partial charge in [-0.3, -0.25) is 0 Å². The molecule has 0 aliphatic carbocycles. The Morgan fingerprint density at radius 2 is 2.06 bits per heavy atom. The number of hydrogen-bond acceptors (Lipinski definition) is 4. The van der Waals surface area contributed by atoms with Gasteiger partial charge in [-0.2, -0.15) is 0 Å². The summed E-state index contributed by atoms with van der Waals surface area (Å²) in [5, 5.41) is 1.89. The Hall–Kier alpha value is -2.36. The van der Waals surface area contributed by atoms with Crippen molar-refractivity contribution in [2.45, 2.75) is 0 Å². The number of carbonyl (C=O) groups is 1. The highest BCUT2D eigenvalue weighted by molar-refractivity contribution is 6.05. The van der Waals surface area contributed by atoms with Crippen molar-refractivity contribution in [1.29, 1.82) is 0 Å². The molecule has 3 rings (SSSR count). The molecule has 0 unspecified atom stereocenters. The minimum absolute atomic E-state index is 0.249. The molecule has 2 aromatic heterocycles. The molecule has 84 valence electrons. The molecule has 0 fully saturated rings. The number of rotatable bonds is 1. The van der Waals surface area contributed by atoms with Crippen LogP contribution in [0, 0.1) is 0 Å². The summed E-state index contributed by atoms with van der Waals surface area (Å²) < 4.78 is 10.3. The third-order valence-electron chi connectivity index (χ3n) is 2.66. The van der Waals surface area contributed by atoms with Gasteiger partial charge in [-0.05, 0) is 6.07 Å². The lowest BCUT2D eigenvalue weighted by molar-refractivity contribution is 0.0594. The van der Waals surface area contributed by atoms with Gasteiger partial charge in [0.25, 0.3) is 0 Å². The number of hydrogen-bond donors (Lipinski definition) is 0. The van der Waals surface area contributed by atoms with E-state index >= 15 is 0 Å². The SMILES string of the molecule is COC(=O)c1cc2oc3ccccc3c2cn1. The first-order valence-electron chi connectivity index (χ1n) is 5.15. The van der Waals surface area contributed by atoms with Crippen molar-refractivity contribution in [2.75, 3.05) is 7.11 Å². The molecule has 0 spiro atoms. The van der Waals surface area contributed by atoms with Crippen LogP contribution >= 0.6 is 0 Å². The highest BCUT2D eigenvalue weighted by Gasteiger charge is 2.12. The molecule has 4 heteroatoms. The number of esters is 1. The van der Waals surface area contributed by atoms with E-state index in [4.69, 9.17) is 4.42 Å². The Bertz CT molecular complexity index is 715. The van der Waals surface area contributed by atoms with Crippen molar-refractivity contribution in [1.82, 2.24) is 4.98 Å². The molecule has 0 N–H and O–H groups in total. The van der Waals surface area contributed by atoms with Crippen LogP contribution in [-0.4, -0.2) is 18.1 Å². The molecule has 0 aliphatic heterocycles. The third kappa shape index (κ3) is 1.45. The first-order chi connectivity index (χ1) is 8.29. The summed E-state index contributed by atoms with van der Waals surface area (Å²) in [4.78, 5) is 15.4. The van der Waals surface area contributed by atoms with E-state index in [-0.39, 0.29) is 5.69 Å². The highest BCUT2D eigenvalue weighted by Crippen LogP contribution is 2.28. The van der Waals surface area contributed by atoms with Gasteiger partial charge >= 0.3 is 5.97 Å². The number of benzene rings is 1. The van der Waals surface area contributed by atoms with E-state index in [1.807, 2.05) is 24.3 Å². The minimum Gasteiger partial charge on any atom is -0.464 e. The lowest BCUT2D eigenvalue weighted by Gasteiger charge is -1.96. The molecular formula is C13H9NO3. The van der Waals surface area contributed by atoms with Crippen LogP contribution < -0.4 is 0 Å². The zero-order valence-electron chi connectivity index (χ0n) is 9.14. The molecule has 1 aromatic carbocycles. The van der Waals surface area contributed by atoms with Crippen LogP contribution in [0.2, 0.25) is 0 Å². The lowest BCUT2D eigenvalue weighted by atomic mass is 10.2. The van der Waals surface area contributed by atoms with E-state index < -0.39 is 5.97 Å². The van der Waals surface area contributed by atoms with Gasteiger partial charge in [-0.1, -0.05) is 18.2 Å². The Kier molecular flexibility index (Phi) is 2.08. The maximum atomic E-state index is 11.3. The molecule has 2 heterocycles. The summed E-state index contributed by atoms with van der Waals surface area (Å²) >= 11 is 0. The second kappa shape index (κ2) is 3.59. The number of aromatic nitrogens is 1. The average Bonchev–Trinajstić information content (AvgIpc) is 2.75. The van der Waals surface area contributed by atoms with E-state index in [9.17, 15) is 4.79 Å². The Morgan fingerprint density at radius 3 is 2.88 bits per heavy atom.